The van der Waals surface area contributed by atoms with Gasteiger partial charge in [0.15, 0.2) is 0 Å². The molecule has 0 atom stereocenters. The minimum Gasteiger partial charge on any atom is -0.478 e. The molecule has 0 spiro atoms. The van der Waals surface area contributed by atoms with Gasteiger partial charge in [0.05, 0.1) is 5.56 Å². The third-order valence-corrected chi connectivity index (χ3v) is 2.91. The lowest BCUT2D eigenvalue weighted by molar-refractivity contribution is -0.112. The fourth-order valence-corrected chi connectivity index (χ4v) is 1.82. The van der Waals surface area contributed by atoms with E-state index >= 15 is 0 Å². The Morgan fingerprint density at radius 1 is 1.05 bits per heavy atom. The molecule has 2 N–H and O–H groups in total. The Morgan fingerprint density at radius 3 is 2.43 bits per heavy atom. The standard InChI is InChI=1S/C17H15NO3/c1-12(10-13-6-3-2-4-7-13)16(19)18-15-9-5-8-14(11-15)17(20)21/h2-11H,1H3,(H,18,19)(H,20,21). The first-order chi connectivity index (χ1) is 10.1. The van der Waals surface area contributed by atoms with Crippen LogP contribution in [0.25, 0.3) is 6.08 Å². The Labute approximate surface area is 122 Å². The zero-order chi connectivity index (χ0) is 15.2. The maximum atomic E-state index is 12.1. The number of hydrogen-bond acceptors (Lipinski definition) is 2. The molecule has 0 aliphatic carbocycles. The lowest BCUT2D eigenvalue weighted by Gasteiger charge is -2.06. The lowest BCUT2D eigenvalue weighted by Crippen LogP contribution is -2.13. The molecule has 2 aromatic rings. The highest BCUT2D eigenvalue weighted by molar-refractivity contribution is 6.06. The summed E-state index contributed by atoms with van der Waals surface area (Å²) in [5.41, 5.74) is 2.07. The Balaban J connectivity index is 2.12. The predicted octanol–water partition coefficient (Wildman–Crippen LogP) is 3.43. The van der Waals surface area contributed by atoms with E-state index in [1.165, 1.54) is 12.1 Å². The van der Waals surface area contributed by atoms with Crippen LogP contribution in [0.1, 0.15) is 22.8 Å². The summed E-state index contributed by atoms with van der Waals surface area (Å²) < 4.78 is 0. The monoisotopic (exact) mass is 281 g/mol. The quantitative estimate of drug-likeness (QED) is 0.844. The number of carboxylic acid groups (broad SMARTS) is 1. The van der Waals surface area contributed by atoms with Crippen LogP contribution in [0.5, 0.6) is 0 Å². The third-order valence-electron chi connectivity index (χ3n) is 2.91. The smallest absolute Gasteiger partial charge is 0.335 e. The van der Waals surface area contributed by atoms with Crippen LogP contribution in [0.3, 0.4) is 0 Å². The number of benzene rings is 2. The normalized spacial score (nSPS) is 11.0. The summed E-state index contributed by atoms with van der Waals surface area (Å²) in [4.78, 5) is 23.0. The number of hydrogen-bond donors (Lipinski definition) is 2. The molecule has 4 nitrogen and oxygen atoms in total. The molecule has 0 fully saturated rings. The summed E-state index contributed by atoms with van der Waals surface area (Å²) in [5.74, 6) is -1.29. The summed E-state index contributed by atoms with van der Waals surface area (Å²) in [6.45, 7) is 1.71. The molecule has 21 heavy (non-hydrogen) atoms. The van der Waals surface area contributed by atoms with Gasteiger partial charge in [-0.25, -0.2) is 4.79 Å². The Kier molecular flexibility index (Phi) is 4.51. The second-order valence-electron chi connectivity index (χ2n) is 4.58. The van der Waals surface area contributed by atoms with Crippen LogP contribution in [0, 0.1) is 0 Å². The maximum Gasteiger partial charge on any atom is 0.335 e. The summed E-state index contributed by atoms with van der Waals surface area (Å²) in [5, 5.41) is 11.6. The SMILES string of the molecule is CC(=Cc1ccccc1)C(=O)Nc1cccc(C(=O)O)c1. The van der Waals surface area contributed by atoms with E-state index in [1.54, 1.807) is 25.1 Å². The van der Waals surface area contributed by atoms with Crippen LogP contribution in [0.15, 0.2) is 60.2 Å². The van der Waals surface area contributed by atoms with Crippen molar-refractivity contribution in [3.63, 3.8) is 0 Å². The summed E-state index contributed by atoms with van der Waals surface area (Å²) in [6.07, 6.45) is 1.77. The molecule has 4 heteroatoms. The maximum absolute atomic E-state index is 12.1. The van der Waals surface area contributed by atoms with Gasteiger partial charge in [-0.15, -0.1) is 0 Å². The number of aromatic carboxylic acids is 1. The third kappa shape index (κ3) is 4.04. The average Bonchev–Trinajstić information content (AvgIpc) is 2.48. The predicted molar refractivity (Wildman–Crippen MR) is 82.1 cm³/mol. The molecule has 2 aromatic carbocycles. The highest BCUT2D eigenvalue weighted by Gasteiger charge is 2.07. The molecule has 0 bridgehead atoms. The highest BCUT2D eigenvalue weighted by atomic mass is 16.4. The van der Waals surface area contributed by atoms with E-state index < -0.39 is 5.97 Å². The van der Waals surface area contributed by atoms with Gasteiger partial charge in [-0.05, 0) is 36.8 Å². The van der Waals surface area contributed by atoms with Crippen molar-refractivity contribution < 1.29 is 14.7 Å². The van der Waals surface area contributed by atoms with E-state index in [0.29, 0.717) is 11.3 Å². The number of nitrogens with one attached hydrogen (secondary N) is 1. The topological polar surface area (TPSA) is 66.4 Å². The van der Waals surface area contributed by atoms with Gasteiger partial charge in [-0.1, -0.05) is 36.4 Å². The van der Waals surface area contributed by atoms with Crippen molar-refractivity contribution in [1.82, 2.24) is 0 Å². The van der Waals surface area contributed by atoms with E-state index in [4.69, 9.17) is 5.11 Å². The fourth-order valence-electron chi connectivity index (χ4n) is 1.82. The molecular weight excluding hydrogens is 266 g/mol. The zero-order valence-electron chi connectivity index (χ0n) is 11.5. The molecule has 0 radical (unpaired) electrons. The van der Waals surface area contributed by atoms with Gasteiger partial charge in [0.1, 0.15) is 0 Å². The largest absolute Gasteiger partial charge is 0.478 e. The molecule has 0 aromatic heterocycles. The van der Waals surface area contributed by atoms with Crippen molar-refractivity contribution in [1.29, 1.82) is 0 Å². The van der Waals surface area contributed by atoms with Crippen molar-refractivity contribution in [2.24, 2.45) is 0 Å². The van der Waals surface area contributed by atoms with E-state index in [1.807, 2.05) is 30.3 Å². The molecule has 0 saturated carbocycles. The minimum absolute atomic E-state index is 0.137. The summed E-state index contributed by atoms with van der Waals surface area (Å²) in [7, 11) is 0. The molecule has 0 unspecified atom stereocenters. The van der Waals surface area contributed by atoms with E-state index in [0.717, 1.165) is 5.56 Å². The van der Waals surface area contributed by atoms with Crippen molar-refractivity contribution in [3.05, 3.63) is 71.3 Å². The second kappa shape index (κ2) is 6.52. The molecule has 1 amide bonds. The first kappa shape index (κ1) is 14.5. The number of carbonyl (C=O) groups is 2. The van der Waals surface area contributed by atoms with E-state index in [9.17, 15) is 9.59 Å². The van der Waals surface area contributed by atoms with Crippen LogP contribution in [0.2, 0.25) is 0 Å². The van der Waals surface area contributed by atoms with E-state index in [-0.39, 0.29) is 11.5 Å². The van der Waals surface area contributed by atoms with Gasteiger partial charge < -0.3 is 10.4 Å². The fraction of sp³-hybridized carbons (Fsp3) is 0.0588. The summed E-state index contributed by atoms with van der Waals surface area (Å²) in [6, 6.07) is 15.7. The Morgan fingerprint density at radius 2 is 1.76 bits per heavy atom. The Hall–Kier alpha value is -2.88. The van der Waals surface area contributed by atoms with Gasteiger partial charge in [0.2, 0.25) is 0 Å². The number of amides is 1. The highest BCUT2D eigenvalue weighted by Crippen LogP contribution is 2.13. The lowest BCUT2D eigenvalue weighted by atomic mass is 10.1. The van der Waals surface area contributed by atoms with Crippen LogP contribution in [0.4, 0.5) is 5.69 Å². The molecular formula is C17H15NO3. The molecule has 0 aliphatic heterocycles. The van der Waals surface area contributed by atoms with Crippen molar-refractivity contribution in [2.75, 3.05) is 5.32 Å². The summed E-state index contributed by atoms with van der Waals surface area (Å²) >= 11 is 0. The van der Waals surface area contributed by atoms with Gasteiger partial charge in [0.25, 0.3) is 5.91 Å². The van der Waals surface area contributed by atoms with Crippen molar-refractivity contribution in [3.8, 4) is 0 Å². The van der Waals surface area contributed by atoms with Crippen LogP contribution in [-0.2, 0) is 4.79 Å². The second-order valence-corrected chi connectivity index (χ2v) is 4.58. The average molecular weight is 281 g/mol. The first-order valence-electron chi connectivity index (χ1n) is 6.44. The Bertz CT molecular complexity index is 690. The van der Waals surface area contributed by atoms with Crippen LogP contribution >= 0.6 is 0 Å². The van der Waals surface area contributed by atoms with E-state index in [2.05, 4.69) is 5.32 Å². The van der Waals surface area contributed by atoms with Crippen LogP contribution in [-0.4, -0.2) is 17.0 Å². The molecule has 0 saturated heterocycles. The number of carboxylic acids is 1. The molecule has 2 rings (SSSR count). The minimum atomic E-state index is -1.03. The molecule has 0 heterocycles. The van der Waals surface area contributed by atoms with Crippen molar-refractivity contribution >= 4 is 23.6 Å². The van der Waals surface area contributed by atoms with Crippen molar-refractivity contribution in [2.45, 2.75) is 6.92 Å². The van der Waals surface area contributed by atoms with Gasteiger partial charge in [-0.3, -0.25) is 4.79 Å². The number of rotatable bonds is 4. The van der Waals surface area contributed by atoms with Gasteiger partial charge in [0, 0.05) is 11.3 Å². The zero-order valence-corrected chi connectivity index (χ0v) is 11.5. The molecule has 106 valence electrons. The number of anilines is 1. The number of carbonyl (C=O) groups excluding carboxylic acids is 1. The van der Waals surface area contributed by atoms with Gasteiger partial charge in [-0.2, -0.15) is 0 Å². The molecule has 0 aliphatic rings. The van der Waals surface area contributed by atoms with Crippen LogP contribution < -0.4 is 5.32 Å². The first-order valence-corrected chi connectivity index (χ1v) is 6.44. The van der Waals surface area contributed by atoms with Gasteiger partial charge >= 0.3 is 5.97 Å².